The molecule has 0 bridgehead atoms. The highest BCUT2D eigenvalue weighted by Gasteiger charge is 2.14. The minimum absolute atomic E-state index is 0.190. The molecule has 0 aliphatic carbocycles. The summed E-state index contributed by atoms with van der Waals surface area (Å²) in [6.07, 6.45) is 0. The van der Waals surface area contributed by atoms with Crippen molar-refractivity contribution in [3.8, 4) is 0 Å². The molecule has 0 saturated heterocycles. The summed E-state index contributed by atoms with van der Waals surface area (Å²) in [6, 6.07) is 17.9. The van der Waals surface area contributed by atoms with Gasteiger partial charge < -0.3 is 0 Å². The second-order valence-electron chi connectivity index (χ2n) is 9.55. The zero-order valence-electron chi connectivity index (χ0n) is 17.7. The Balaban J connectivity index is 1.96. The molecule has 0 aliphatic heterocycles. The van der Waals surface area contributed by atoms with Crippen LogP contribution in [0.4, 0.5) is 0 Å². The van der Waals surface area contributed by atoms with Crippen LogP contribution >= 0.6 is 0 Å². The van der Waals surface area contributed by atoms with E-state index in [1.165, 1.54) is 27.8 Å². The SMILES string of the molecule is C=C(CN(C)Cc1ccc(C(C)(C)C)cc1)c1ccc(C(C)(C)C)cc1. The largest absolute Gasteiger partial charge is 0.298 e. The molecule has 140 valence electrons. The Morgan fingerprint density at radius 3 is 1.62 bits per heavy atom. The highest BCUT2D eigenvalue weighted by molar-refractivity contribution is 5.65. The van der Waals surface area contributed by atoms with Crippen LogP contribution in [0.1, 0.15) is 63.8 Å². The maximum Gasteiger partial charge on any atom is 0.0234 e. The second-order valence-corrected chi connectivity index (χ2v) is 9.55. The molecule has 2 aromatic rings. The summed E-state index contributed by atoms with van der Waals surface area (Å²) in [5.41, 5.74) is 6.88. The van der Waals surface area contributed by atoms with Gasteiger partial charge in [-0.25, -0.2) is 0 Å². The van der Waals surface area contributed by atoms with Crippen LogP contribution in [-0.2, 0) is 17.4 Å². The van der Waals surface area contributed by atoms with Crippen molar-refractivity contribution in [2.75, 3.05) is 13.6 Å². The van der Waals surface area contributed by atoms with Gasteiger partial charge in [0.15, 0.2) is 0 Å². The molecule has 2 aromatic carbocycles. The lowest BCUT2D eigenvalue weighted by Crippen LogP contribution is -2.20. The Hall–Kier alpha value is -1.86. The summed E-state index contributed by atoms with van der Waals surface area (Å²) in [5, 5.41) is 0. The Bertz CT molecular complexity index is 722. The van der Waals surface area contributed by atoms with Gasteiger partial charge in [0.1, 0.15) is 0 Å². The topological polar surface area (TPSA) is 3.24 Å². The van der Waals surface area contributed by atoms with E-state index in [1.807, 2.05) is 0 Å². The summed E-state index contributed by atoms with van der Waals surface area (Å²) in [7, 11) is 2.16. The maximum atomic E-state index is 4.30. The van der Waals surface area contributed by atoms with Crippen molar-refractivity contribution in [2.24, 2.45) is 0 Å². The number of hydrogen-bond acceptors (Lipinski definition) is 1. The van der Waals surface area contributed by atoms with Gasteiger partial charge in [-0.05, 0) is 45.7 Å². The molecule has 0 fully saturated rings. The minimum Gasteiger partial charge on any atom is -0.298 e. The van der Waals surface area contributed by atoms with Gasteiger partial charge in [-0.1, -0.05) is 96.7 Å². The third kappa shape index (κ3) is 5.57. The zero-order valence-corrected chi connectivity index (χ0v) is 17.7. The molecule has 0 aliphatic rings. The Morgan fingerprint density at radius 1 is 0.769 bits per heavy atom. The normalized spacial score (nSPS) is 12.5. The zero-order chi connectivity index (χ0) is 19.5. The van der Waals surface area contributed by atoms with E-state index in [1.54, 1.807) is 0 Å². The van der Waals surface area contributed by atoms with Crippen molar-refractivity contribution in [3.63, 3.8) is 0 Å². The van der Waals surface area contributed by atoms with Crippen LogP contribution in [0.5, 0.6) is 0 Å². The first kappa shape index (κ1) is 20.5. The first-order valence-corrected chi connectivity index (χ1v) is 9.53. The molecule has 0 N–H and O–H groups in total. The van der Waals surface area contributed by atoms with Crippen molar-refractivity contribution in [1.82, 2.24) is 4.90 Å². The smallest absolute Gasteiger partial charge is 0.0234 e. The molecule has 0 saturated carbocycles. The first-order valence-electron chi connectivity index (χ1n) is 9.53. The van der Waals surface area contributed by atoms with E-state index in [2.05, 4.69) is 109 Å². The molecule has 1 nitrogen and oxygen atoms in total. The number of likely N-dealkylation sites (N-methyl/N-ethyl adjacent to an activating group) is 1. The van der Waals surface area contributed by atoms with Crippen molar-refractivity contribution in [2.45, 2.75) is 58.9 Å². The predicted octanol–water partition coefficient (Wildman–Crippen LogP) is 6.43. The quantitative estimate of drug-likeness (QED) is 0.601. The second kappa shape index (κ2) is 7.80. The van der Waals surface area contributed by atoms with Crippen LogP contribution < -0.4 is 0 Å². The van der Waals surface area contributed by atoms with E-state index in [4.69, 9.17) is 0 Å². The van der Waals surface area contributed by atoms with E-state index in [-0.39, 0.29) is 10.8 Å². The fourth-order valence-corrected chi connectivity index (χ4v) is 3.10. The fraction of sp³-hybridized carbons (Fsp3) is 0.440. The summed E-state index contributed by atoms with van der Waals surface area (Å²) in [4.78, 5) is 2.33. The van der Waals surface area contributed by atoms with Gasteiger partial charge in [0.05, 0.1) is 0 Å². The minimum atomic E-state index is 0.190. The van der Waals surface area contributed by atoms with E-state index in [9.17, 15) is 0 Å². The van der Waals surface area contributed by atoms with Gasteiger partial charge in [-0.3, -0.25) is 4.90 Å². The lowest BCUT2D eigenvalue weighted by Gasteiger charge is -2.22. The lowest BCUT2D eigenvalue weighted by molar-refractivity contribution is 0.369. The van der Waals surface area contributed by atoms with Crippen molar-refractivity contribution in [1.29, 1.82) is 0 Å². The highest BCUT2D eigenvalue weighted by atomic mass is 15.1. The average molecular weight is 350 g/mol. The van der Waals surface area contributed by atoms with E-state index in [0.717, 1.165) is 13.1 Å². The summed E-state index contributed by atoms with van der Waals surface area (Å²) < 4.78 is 0. The molecule has 0 atom stereocenters. The van der Waals surface area contributed by atoms with E-state index < -0.39 is 0 Å². The molecule has 2 rings (SSSR count). The molecular formula is C25H35N. The fourth-order valence-electron chi connectivity index (χ4n) is 3.10. The van der Waals surface area contributed by atoms with Crippen LogP contribution in [0.3, 0.4) is 0 Å². The van der Waals surface area contributed by atoms with E-state index >= 15 is 0 Å². The molecule has 0 spiro atoms. The standard InChI is InChI=1S/C25H35N/c1-19(21-11-15-23(16-12-21)25(5,6)7)17-26(8)18-20-9-13-22(14-10-20)24(2,3)4/h9-16H,1,17-18H2,2-8H3. The maximum absolute atomic E-state index is 4.30. The highest BCUT2D eigenvalue weighted by Crippen LogP contribution is 2.25. The molecule has 1 heteroatoms. The third-order valence-corrected chi connectivity index (χ3v) is 4.89. The number of nitrogens with zero attached hydrogens (tertiary/aromatic N) is 1. The summed E-state index contributed by atoms with van der Waals surface area (Å²) in [6.45, 7) is 19.6. The molecule has 0 amide bonds. The number of hydrogen-bond donors (Lipinski definition) is 0. The van der Waals surface area contributed by atoms with Crippen molar-refractivity contribution >= 4 is 5.57 Å². The summed E-state index contributed by atoms with van der Waals surface area (Å²) in [5.74, 6) is 0. The Morgan fingerprint density at radius 2 is 1.19 bits per heavy atom. The molecule has 0 radical (unpaired) electrons. The van der Waals surface area contributed by atoms with Crippen LogP contribution in [0.2, 0.25) is 0 Å². The van der Waals surface area contributed by atoms with E-state index in [0.29, 0.717) is 0 Å². The molecule has 0 aromatic heterocycles. The number of rotatable bonds is 5. The third-order valence-electron chi connectivity index (χ3n) is 4.89. The summed E-state index contributed by atoms with van der Waals surface area (Å²) >= 11 is 0. The van der Waals surface area contributed by atoms with Gasteiger partial charge in [0, 0.05) is 13.1 Å². The van der Waals surface area contributed by atoms with Gasteiger partial charge in [-0.2, -0.15) is 0 Å². The molecule has 0 heterocycles. The average Bonchev–Trinajstić information content (AvgIpc) is 2.53. The van der Waals surface area contributed by atoms with Crippen molar-refractivity contribution in [3.05, 3.63) is 77.4 Å². The van der Waals surface area contributed by atoms with Gasteiger partial charge >= 0.3 is 0 Å². The van der Waals surface area contributed by atoms with Crippen LogP contribution in [-0.4, -0.2) is 18.5 Å². The van der Waals surface area contributed by atoms with Gasteiger partial charge in [0.2, 0.25) is 0 Å². The molecular weight excluding hydrogens is 314 g/mol. The van der Waals surface area contributed by atoms with Crippen molar-refractivity contribution < 1.29 is 0 Å². The van der Waals surface area contributed by atoms with Crippen LogP contribution in [0, 0.1) is 0 Å². The van der Waals surface area contributed by atoms with Gasteiger partial charge in [0.25, 0.3) is 0 Å². The van der Waals surface area contributed by atoms with Gasteiger partial charge in [-0.15, -0.1) is 0 Å². The Labute approximate surface area is 160 Å². The first-order chi connectivity index (χ1) is 12.0. The monoisotopic (exact) mass is 349 g/mol. The lowest BCUT2D eigenvalue weighted by atomic mass is 9.86. The number of benzene rings is 2. The van der Waals surface area contributed by atoms with Crippen LogP contribution in [0.15, 0.2) is 55.1 Å². The molecule has 0 unspecified atom stereocenters. The van der Waals surface area contributed by atoms with Crippen LogP contribution in [0.25, 0.3) is 5.57 Å². The molecule has 26 heavy (non-hydrogen) atoms. The Kier molecular flexibility index (Phi) is 6.13. The predicted molar refractivity (Wildman–Crippen MR) is 116 cm³/mol.